The van der Waals surface area contributed by atoms with E-state index in [1.165, 1.54) is 5.01 Å². The van der Waals surface area contributed by atoms with Gasteiger partial charge in [-0.1, -0.05) is 48.0 Å². The highest BCUT2D eigenvalue weighted by Crippen LogP contribution is 2.37. The van der Waals surface area contributed by atoms with Crippen LogP contribution in [0.1, 0.15) is 42.0 Å². The third kappa shape index (κ3) is 3.74. The number of phenolic OH excluding ortho intramolecular Hbond substituents is 1. The Labute approximate surface area is 151 Å². The van der Waals surface area contributed by atoms with Crippen molar-refractivity contribution in [3.8, 4) is 5.75 Å². The highest BCUT2D eigenvalue weighted by Gasteiger charge is 2.34. The number of aryl methyl sites for hydroxylation is 1. The molecule has 1 N–H and O–H groups in total. The van der Waals surface area contributed by atoms with Crippen LogP contribution in [0, 0.1) is 6.92 Å². The first-order valence-corrected chi connectivity index (χ1v) is 8.40. The van der Waals surface area contributed by atoms with Crippen molar-refractivity contribution in [1.29, 1.82) is 0 Å². The number of hydrazone groups is 1. The number of benzene rings is 2. The van der Waals surface area contributed by atoms with Crippen molar-refractivity contribution in [2.75, 3.05) is 0 Å². The van der Waals surface area contributed by atoms with Crippen LogP contribution in [0.5, 0.6) is 5.75 Å². The molecule has 0 saturated carbocycles. The van der Waals surface area contributed by atoms with E-state index in [-0.39, 0.29) is 18.6 Å². The van der Waals surface area contributed by atoms with E-state index in [1.54, 1.807) is 24.3 Å². The Balaban J connectivity index is 1.93. The summed E-state index contributed by atoms with van der Waals surface area (Å²) in [5.74, 6) is -1.61. The first-order chi connectivity index (χ1) is 12.5. The van der Waals surface area contributed by atoms with Gasteiger partial charge in [0.1, 0.15) is 5.75 Å². The van der Waals surface area contributed by atoms with Crippen LogP contribution in [-0.2, 0) is 9.59 Å². The van der Waals surface area contributed by atoms with Gasteiger partial charge in [0.15, 0.2) is 0 Å². The van der Waals surface area contributed by atoms with E-state index in [0.717, 1.165) is 16.8 Å². The largest absolute Gasteiger partial charge is 0.550 e. The number of carboxylic acids is 1. The number of amides is 1. The molecule has 134 valence electrons. The van der Waals surface area contributed by atoms with Gasteiger partial charge in [0.05, 0.1) is 11.8 Å². The average molecular weight is 351 g/mol. The summed E-state index contributed by atoms with van der Waals surface area (Å²) in [6, 6.07) is 14.1. The number of carboxylic acid groups (broad SMARTS) is 1. The second-order valence-corrected chi connectivity index (χ2v) is 6.30. The molecule has 0 radical (unpaired) electrons. The van der Waals surface area contributed by atoms with Gasteiger partial charge in [-0.05, 0) is 25.0 Å². The fourth-order valence-corrected chi connectivity index (χ4v) is 3.00. The molecular formula is C20H19N2O4-. The molecule has 0 fully saturated rings. The van der Waals surface area contributed by atoms with Crippen LogP contribution in [0.3, 0.4) is 0 Å². The number of carbonyl (C=O) groups excluding carboxylic acids is 2. The molecule has 0 aliphatic carbocycles. The fraction of sp³-hybridized carbons (Fsp3) is 0.250. The summed E-state index contributed by atoms with van der Waals surface area (Å²) in [5, 5.41) is 26.6. The van der Waals surface area contributed by atoms with Crippen molar-refractivity contribution in [2.45, 2.75) is 32.2 Å². The minimum absolute atomic E-state index is 0.0792. The minimum Gasteiger partial charge on any atom is -0.550 e. The molecule has 1 atom stereocenters. The molecule has 6 heteroatoms. The number of aromatic hydroxyl groups is 1. The standard InChI is InChI=1S/C20H20N2O4/c1-13-6-8-14(9-7-13)16-12-17(15-4-2-3-5-18(15)23)22(21-16)19(24)10-11-20(25)26/h2-9,17,23H,10-12H2,1H3,(H,25,26)/p-1/t17-/m1/s1. The van der Waals surface area contributed by atoms with Crippen molar-refractivity contribution in [3.05, 3.63) is 65.2 Å². The van der Waals surface area contributed by atoms with Crippen LogP contribution in [0.2, 0.25) is 0 Å². The lowest BCUT2D eigenvalue weighted by Gasteiger charge is -2.22. The minimum atomic E-state index is -1.28. The van der Waals surface area contributed by atoms with Gasteiger partial charge in [-0.15, -0.1) is 0 Å². The molecule has 0 bridgehead atoms. The molecule has 3 rings (SSSR count). The Hall–Kier alpha value is -3.15. The topological polar surface area (TPSA) is 93.0 Å². The summed E-state index contributed by atoms with van der Waals surface area (Å²) < 4.78 is 0. The van der Waals surface area contributed by atoms with E-state index in [0.29, 0.717) is 12.0 Å². The summed E-state index contributed by atoms with van der Waals surface area (Å²) in [4.78, 5) is 23.2. The molecule has 0 spiro atoms. The zero-order valence-corrected chi connectivity index (χ0v) is 14.4. The second-order valence-electron chi connectivity index (χ2n) is 6.30. The maximum atomic E-state index is 12.5. The Bertz CT molecular complexity index is 858. The Morgan fingerprint density at radius 3 is 2.50 bits per heavy atom. The number of para-hydroxylation sites is 1. The van der Waals surface area contributed by atoms with Crippen LogP contribution in [0.25, 0.3) is 0 Å². The van der Waals surface area contributed by atoms with Crippen molar-refractivity contribution < 1.29 is 19.8 Å². The highest BCUT2D eigenvalue weighted by atomic mass is 16.4. The third-order valence-corrected chi connectivity index (χ3v) is 4.39. The lowest BCUT2D eigenvalue weighted by molar-refractivity contribution is -0.305. The monoisotopic (exact) mass is 351 g/mol. The zero-order valence-electron chi connectivity index (χ0n) is 14.4. The van der Waals surface area contributed by atoms with Gasteiger partial charge in [-0.25, -0.2) is 5.01 Å². The van der Waals surface area contributed by atoms with Crippen LogP contribution >= 0.6 is 0 Å². The van der Waals surface area contributed by atoms with Crippen molar-refractivity contribution in [3.63, 3.8) is 0 Å². The van der Waals surface area contributed by atoms with Gasteiger partial charge in [0, 0.05) is 24.4 Å². The second kappa shape index (κ2) is 7.39. The van der Waals surface area contributed by atoms with Crippen LogP contribution in [-0.4, -0.2) is 27.7 Å². The molecule has 1 aliphatic heterocycles. The molecule has 2 aromatic rings. The number of rotatable bonds is 5. The van der Waals surface area contributed by atoms with Gasteiger partial charge in [0.2, 0.25) is 5.91 Å². The molecule has 0 aromatic heterocycles. The van der Waals surface area contributed by atoms with Crippen LogP contribution in [0.4, 0.5) is 0 Å². The van der Waals surface area contributed by atoms with Gasteiger partial charge in [-0.2, -0.15) is 5.10 Å². The van der Waals surface area contributed by atoms with Crippen molar-refractivity contribution >= 4 is 17.6 Å². The predicted octanol–water partition coefficient (Wildman–Crippen LogP) is 1.91. The lowest BCUT2D eigenvalue weighted by atomic mass is 9.97. The number of phenols is 1. The van der Waals surface area contributed by atoms with E-state index in [9.17, 15) is 19.8 Å². The molecular weight excluding hydrogens is 332 g/mol. The van der Waals surface area contributed by atoms with Gasteiger partial charge >= 0.3 is 0 Å². The predicted molar refractivity (Wildman–Crippen MR) is 94.3 cm³/mol. The summed E-state index contributed by atoms with van der Waals surface area (Å²) in [5.41, 5.74) is 3.32. The summed E-state index contributed by atoms with van der Waals surface area (Å²) >= 11 is 0. The number of hydrogen-bond acceptors (Lipinski definition) is 5. The van der Waals surface area contributed by atoms with E-state index >= 15 is 0 Å². The number of aliphatic carboxylic acids is 1. The molecule has 0 saturated heterocycles. The molecule has 26 heavy (non-hydrogen) atoms. The smallest absolute Gasteiger partial charge is 0.243 e. The van der Waals surface area contributed by atoms with Crippen LogP contribution in [0.15, 0.2) is 53.6 Å². The normalized spacial score (nSPS) is 16.4. The molecule has 1 amide bonds. The molecule has 1 aliphatic rings. The Kier molecular flexibility index (Phi) is 5.02. The highest BCUT2D eigenvalue weighted by molar-refractivity contribution is 6.03. The van der Waals surface area contributed by atoms with Crippen molar-refractivity contribution in [2.24, 2.45) is 5.10 Å². The van der Waals surface area contributed by atoms with Gasteiger partial charge in [0.25, 0.3) is 0 Å². The van der Waals surface area contributed by atoms with Crippen molar-refractivity contribution in [1.82, 2.24) is 5.01 Å². The number of hydrogen-bond donors (Lipinski definition) is 1. The fourth-order valence-electron chi connectivity index (χ4n) is 3.00. The summed E-state index contributed by atoms with van der Waals surface area (Å²) in [6.45, 7) is 1.99. The SMILES string of the molecule is Cc1ccc(C2=NN(C(=O)CCC(=O)[O-])[C@@H](c3ccccc3O)C2)cc1. The van der Waals surface area contributed by atoms with Gasteiger partial charge in [-0.3, -0.25) is 4.79 Å². The Morgan fingerprint density at radius 2 is 1.85 bits per heavy atom. The molecule has 2 aromatic carbocycles. The number of nitrogens with zero attached hydrogens (tertiary/aromatic N) is 2. The zero-order chi connectivity index (χ0) is 18.7. The first-order valence-electron chi connectivity index (χ1n) is 8.40. The maximum absolute atomic E-state index is 12.5. The first kappa shape index (κ1) is 17.7. The van der Waals surface area contributed by atoms with E-state index in [2.05, 4.69) is 5.10 Å². The Morgan fingerprint density at radius 1 is 1.15 bits per heavy atom. The maximum Gasteiger partial charge on any atom is 0.243 e. The summed E-state index contributed by atoms with van der Waals surface area (Å²) in [6.07, 6.45) is -0.118. The number of carbonyl (C=O) groups is 2. The molecule has 0 unspecified atom stereocenters. The molecule has 1 heterocycles. The van der Waals surface area contributed by atoms with E-state index < -0.39 is 17.9 Å². The van der Waals surface area contributed by atoms with E-state index in [4.69, 9.17) is 0 Å². The quantitative estimate of drug-likeness (QED) is 0.890. The lowest BCUT2D eigenvalue weighted by Crippen LogP contribution is -2.29. The summed E-state index contributed by atoms with van der Waals surface area (Å²) in [7, 11) is 0. The van der Waals surface area contributed by atoms with Crippen LogP contribution < -0.4 is 5.11 Å². The third-order valence-electron chi connectivity index (χ3n) is 4.39. The molecule has 6 nitrogen and oxygen atoms in total. The van der Waals surface area contributed by atoms with Gasteiger partial charge < -0.3 is 15.0 Å². The average Bonchev–Trinajstić information content (AvgIpc) is 3.06. The van der Waals surface area contributed by atoms with E-state index in [1.807, 2.05) is 31.2 Å².